The lowest BCUT2D eigenvalue weighted by Gasteiger charge is -2.28. The third-order valence-corrected chi connectivity index (χ3v) is 9.94. The number of rotatable bonds is 29. The first kappa shape index (κ1) is 54.1. The average molecular weight is 900 g/mol. The molecule has 19 nitrogen and oxygen atoms in total. The molecule has 5 atom stereocenters. The lowest BCUT2D eigenvalue weighted by Crippen LogP contribution is -2.57. The van der Waals surface area contributed by atoms with Crippen molar-refractivity contribution in [1.29, 1.82) is 0 Å². The molecule has 0 aliphatic carbocycles. The Kier molecular flexibility index (Phi) is 23.0. The summed E-state index contributed by atoms with van der Waals surface area (Å²) in [6.07, 6.45) is 0.659. The summed E-state index contributed by atoms with van der Waals surface area (Å²) in [6, 6.07) is 3.89. The number of aromatic nitrogens is 1. The molecule has 1 aromatic carbocycles. The van der Waals surface area contributed by atoms with Crippen LogP contribution in [0.1, 0.15) is 107 Å². The Morgan fingerprint density at radius 2 is 1.19 bits per heavy atom. The number of esters is 1. The number of carboxylic acid groups (broad SMARTS) is 1. The highest BCUT2D eigenvalue weighted by Crippen LogP contribution is 2.23. The SMILES string of the molecule is COC(=O)[C@@H](NC(=O)[C@H](CC(C)C)NC(=O)[C@@H](NC(=O)CCCOc1ccc2ccc(OCCCC(=O)N[C@@H](CCC(=O)O)C(=O)N[C@@H](CC(C)C)C(N)=O)cc2n1)C(C)C)C(C)C. The average Bonchev–Trinajstić information content (AvgIpc) is 3.21. The highest BCUT2D eigenvalue weighted by molar-refractivity contribution is 5.94. The highest BCUT2D eigenvalue weighted by atomic mass is 16.5. The van der Waals surface area contributed by atoms with Gasteiger partial charge in [0.05, 0.1) is 25.8 Å². The van der Waals surface area contributed by atoms with E-state index in [1.165, 1.54) is 7.11 Å². The zero-order valence-corrected chi connectivity index (χ0v) is 38.6. The van der Waals surface area contributed by atoms with Crippen molar-refractivity contribution in [2.24, 2.45) is 29.4 Å². The second-order valence-corrected chi connectivity index (χ2v) is 17.3. The van der Waals surface area contributed by atoms with E-state index in [0.717, 1.165) is 5.39 Å². The Morgan fingerprint density at radius 3 is 1.75 bits per heavy atom. The van der Waals surface area contributed by atoms with Crippen LogP contribution in [0.5, 0.6) is 11.6 Å². The van der Waals surface area contributed by atoms with Crippen LogP contribution in [0.4, 0.5) is 0 Å². The third-order valence-electron chi connectivity index (χ3n) is 9.94. The molecule has 1 aromatic heterocycles. The number of carboxylic acids is 1. The predicted octanol–water partition coefficient (Wildman–Crippen LogP) is 2.90. The van der Waals surface area contributed by atoms with E-state index in [-0.39, 0.29) is 81.3 Å². The number of nitrogens with zero attached hydrogens (tertiary/aromatic N) is 1. The summed E-state index contributed by atoms with van der Waals surface area (Å²) in [6.45, 7) is 14.9. The Hall–Kier alpha value is -6.01. The Morgan fingerprint density at radius 1 is 0.641 bits per heavy atom. The van der Waals surface area contributed by atoms with Gasteiger partial charge in [-0.2, -0.15) is 0 Å². The Labute approximate surface area is 375 Å². The first-order valence-electron chi connectivity index (χ1n) is 21.9. The number of pyridine rings is 1. The van der Waals surface area contributed by atoms with Crippen LogP contribution in [0.25, 0.3) is 10.9 Å². The maximum atomic E-state index is 13.4. The van der Waals surface area contributed by atoms with Gasteiger partial charge in [-0.1, -0.05) is 55.4 Å². The van der Waals surface area contributed by atoms with E-state index in [9.17, 15) is 38.4 Å². The summed E-state index contributed by atoms with van der Waals surface area (Å²) in [4.78, 5) is 105. The molecule has 356 valence electrons. The van der Waals surface area contributed by atoms with Crippen molar-refractivity contribution >= 4 is 58.3 Å². The molecule has 0 unspecified atom stereocenters. The summed E-state index contributed by atoms with van der Waals surface area (Å²) in [5, 5.41) is 23.3. The molecule has 1 heterocycles. The van der Waals surface area contributed by atoms with Gasteiger partial charge in [0.2, 0.25) is 41.3 Å². The van der Waals surface area contributed by atoms with E-state index >= 15 is 0 Å². The minimum absolute atomic E-state index is 0.0224. The zero-order valence-electron chi connectivity index (χ0n) is 38.6. The van der Waals surface area contributed by atoms with Gasteiger partial charge in [0.15, 0.2) is 0 Å². The van der Waals surface area contributed by atoms with E-state index in [2.05, 4.69) is 31.6 Å². The van der Waals surface area contributed by atoms with Crippen molar-refractivity contribution in [2.45, 2.75) is 137 Å². The number of primary amides is 1. The number of carbonyl (C=O) groups is 8. The number of aliphatic carboxylic acids is 1. The number of benzene rings is 1. The van der Waals surface area contributed by atoms with Crippen molar-refractivity contribution in [2.75, 3.05) is 20.3 Å². The second kappa shape index (κ2) is 27.2. The summed E-state index contributed by atoms with van der Waals surface area (Å²) >= 11 is 0. The number of methoxy groups -OCH3 is 1. The number of ether oxygens (including phenoxy) is 3. The number of hydrogen-bond acceptors (Lipinski definition) is 12. The largest absolute Gasteiger partial charge is 0.494 e. The Balaban J connectivity index is 1.92. The predicted molar refractivity (Wildman–Crippen MR) is 238 cm³/mol. The molecule has 64 heavy (non-hydrogen) atoms. The first-order valence-corrected chi connectivity index (χ1v) is 21.9. The fourth-order valence-corrected chi connectivity index (χ4v) is 6.50. The van der Waals surface area contributed by atoms with Gasteiger partial charge in [0.1, 0.15) is 36.0 Å². The minimum atomic E-state index is -1.18. The van der Waals surface area contributed by atoms with E-state index in [1.807, 2.05) is 39.8 Å². The van der Waals surface area contributed by atoms with Gasteiger partial charge >= 0.3 is 11.9 Å². The number of nitrogens with two attached hydrogens (primary N) is 1. The quantitative estimate of drug-likeness (QED) is 0.0458. The van der Waals surface area contributed by atoms with Gasteiger partial charge < -0.3 is 51.6 Å². The van der Waals surface area contributed by atoms with E-state index in [4.69, 9.17) is 25.1 Å². The fraction of sp³-hybridized carbons (Fsp3) is 0.622. The van der Waals surface area contributed by atoms with Crippen LogP contribution in [-0.2, 0) is 43.1 Å². The Bertz CT molecular complexity index is 1900. The summed E-state index contributed by atoms with van der Waals surface area (Å²) in [7, 11) is 1.24. The van der Waals surface area contributed by atoms with Crippen molar-refractivity contribution in [3.8, 4) is 11.6 Å². The standard InChI is InChI=1S/C45H69N7O12/c1-25(2)22-33(41(46)57)49-42(58)31(17-19-38(55)56)47-35(53)12-10-20-63-30-16-14-29-15-18-37(48-32(29)24-30)64-21-11-13-36(54)51-39(27(5)6)44(60)50-34(23-26(3)4)43(59)52-40(28(7)8)45(61)62-9/h14-16,18,24-28,31,33-34,39-40H,10-13,17,19-23H2,1-9H3,(H2,46,57)(H,47,53)(H,49,58)(H,50,60)(H,51,54)(H,52,59)(H,55,56)/t31-,33-,34-,39-,40-/m0/s1. The van der Waals surface area contributed by atoms with Gasteiger partial charge in [-0.15, -0.1) is 0 Å². The minimum Gasteiger partial charge on any atom is -0.494 e. The monoisotopic (exact) mass is 900 g/mol. The molecule has 0 radical (unpaired) electrons. The molecule has 2 aromatic rings. The maximum Gasteiger partial charge on any atom is 0.328 e. The molecular formula is C45H69N7O12. The van der Waals surface area contributed by atoms with Crippen LogP contribution in [0.2, 0.25) is 0 Å². The first-order chi connectivity index (χ1) is 30.1. The normalized spacial score (nSPS) is 13.6. The molecule has 0 spiro atoms. The van der Waals surface area contributed by atoms with E-state index in [1.54, 1.807) is 45.9 Å². The molecule has 0 saturated heterocycles. The summed E-state index contributed by atoms with van der Waals surface area (Å²) in [5.74, 6) is -4.74. The summed E-state index contributed by atoms with van der Waals surface area (Å²) in [5.41, 5.74) is 6.00. The molecule has 8 N–H and O–H groups in total. The topological polar surface area (TPSA) is 284 Å². The van der Waals surface area contributed by atoms with Crippen molar-refractivity contribution in [3.63, 3.8) is 0 Å². The van der Waals surface area contributed by atoms with Crippen LogP contribution in [0.15, 0.2) is 30.3 Å². The zero-order chi connectivity index (χ0) is 48.1. The molecule has 6 amide bonds. The second-order valence-electron chi connectivity index (χ2n) is 17.3. The van der Waals surface area contributed by atoms with Gasteiger partial charge in [0, 0.05) is 36.8 Å². The summed E-state index contributed by atoms with van der Waals surface area (Å²) < 4.78 is 16.5. The van der Waals surface area contributed by atoms with Crippen LogP contribution in [0.3, 0.4) is 0 Å². The lowest BCUT2D eigenvalue weighted by molar-refractivity contribution is -0.146. The van der Waals surface area contributed by atoms with Crippen LogP contribution in [-0.4, -0.2) is 108 Å². The molecule has 0 saturated carbocycles. The molecule has 19 heteroatoms. The van der Waals surface area contributed by atoms with Crippen molar-refractivity contribution in [1.82, 2.24) is 31.6 Å². The van der Waals surface area contributed by atoms with Gasteiger partial charge in [-0.25, -0.2) is 9.78 Å². The fourth-order valence-electron chi connectivity index (χ4n) is 6.50. The van der Waals surface area contributed by atoms with Crippen molar-refractivity contribution in [3.05, 3.63) is 30.3 Å². The smallest absolute Gasteiger partial charge is 0.328 e. The molecule has 0 aliphatic rings. The van der Waals surface area contributed by atoms with E-state index in [0.29, 0.717) is 30.0 Å². The number of amides is 6. The van der Waals surface area contributed by atoms with Crippen LogP contribution >= 0.6 is 0 Å². The third kappa shape index (κ3) is 19.6. The molecular weight excluding hydrogens is 831 g/mol. The molecule has 2 rings (SSSR count). The number of hydrogen-bond donors (Lipinski definition) is 7. The number of fused-ring (bicyclic) bond motifs is 1. The maximum absolute atomic E-state index is 13.4. The lowest BCUT2D eigenvalue weighted by atomic mass is 9.98. The molecule has 0 bridgehead atoms. The molecule has 0 aliphatic heterocycles. The van der Waals surface area contributed by atoms with Gasteiger partial charge in [-0.3, -0.25) is 33.6 Å². The number of nitrogens with one attached hydrogen (secondary N) is 5. The number of carbonyl (C=O) groups excluding carboxylic acids is 7. The van der Waals surface area contributed by atoms with Crippen LogP contribution in [0, 0.1) is 23.7 Å². The van der Waals surface area contributed by atoms with E-state index < -0.39 is 71.7 Å². The van der Waals surface area contributed by atoms with Gasteiger partial charge in [0.25, 0.3) is 0 Å². The molecule has 0 fully saturated rings. The van der Waals surface area contributed by atoms with Crippen LogP contribution < -0.4 is 41.8 Å². The van der Waals surface area contributed by atoms with Gasteiger partial charge in [-0.05, 0) is 74.0 Å². The van der Waals surface area contributed by atoms with Crippen molar-refractivity contribution < 1.29 is 57.7 Å². The highest BCUT2D eigenvalue weighted by Gasteiger charge is 2.33.